The number of nitriles is 1. The van der Waals surface area contributed by atoms with Gasteiger partial charge in [-0.2, -0.15) is 0 Å². The van der Waals surface area contributed by atoms with Crippen molar-refractivity contribution in [2.75, 3.05) is 13.1 Å². The van der Waals surface area contributed by atoms with Gasteiger partial charge in [0.1, 0.15) is 0 Å². The number of aliphatic imine (C=N–C) groups is 1. The van der Waals surface area contributed by atoms with E-state index in [-0.39, 0.29) is 5.84 Å². The number of rotatable bonds is 0. The summed E-state index contributed by atoms with van der Waals surface area (Å²) in [7, 11) is 0. The summed E-state index contributed by atoms with van der Waals surface area (Å²) in [6, 6.07) is 2.20. The molecule has 1 fully saturated rings. The van der Waals surface area contributed by atoms with Gasteiger partial charge in [-0.25, -0.2) is 0 Å². The molecule has 1 radical (unpaired) electrons. The van der Waals surface area contributed by atoms with Gasteiger partial charge in [-0.05, 0) is 0 Å². The number of hydrogen-bond donors (Lipinski definition) is 2. The zero-order valence-corrected chi connectivity index (χ0v) is 10.9. The van der Waals surface area contributed by atoms with Gasteiger partial charge in [0, 0.05) is 0 Å². The van der Waals surface area contributed by atoms with Crippen molar-refractivity contribution in [2.45, 2.75) is 12.8 Å². The third-order valence-corrected chi connectivity index (χ3v) is 4.04. The molecule has 0 bridgehead atoms. The molecule has 1 saturated heterocycles. The zero-order valence-electron chi connectivity index (χ0n) is 9.23. The van der Waals surface area contributed by atoms with Crippen LogP contribution in [-0.2, 0) is 0 Å². The first-order chi connectivity index (χ1) is 8.15. The summed E-state index contributed by atoms with van der Waals surface area (Å²) in [6.07, 6.45) is 1.53. The van der Waals surface area contributed by atoms with Crippen LogP contribution in [0.4, 0.5) is 0 Å². The van der Waals surface area contributed by atoms with Crippen LogP contribution in [0.1, 0.15) is 12.8 Å². The Morgan fingerprint density at radius 3 is 2.65 bits per heavy atom. The van der Waals surface area contributed by atoms with E-state index in [1.54, 1.807) is 0 Å². The van der Waals surface area contributed by atoms with Crippen LogP contribution in [0.2, 0.25) is 0 Å². The first-order valence-corrected chi connectivity index (χ1v) is 6.27. The summed E-state index contributed by atoms with van der Waals surface area (Å²) >= 11 is 2.78. The van der Waals surface area contributed by atoms with E-state index in [9.17, 15) is 10.7 Å². The molecule has 0 aromatic rings. The summed E-state index contributed by atoms with van der Waals surface area (Å²) in [4.78, 5) is 4.06. The normalized spacial score (nSPS) is 23.0. The molecule has 0 aliphatic carbocycles. The van der Waals surface area contributed by atoms with Crippen LogP contribution in [-0.4, -0.2) is 40.8 Å². The molecule has 17 heavy (non-hydrogen) atoms. The molecule has 1 spiro atoms. The van der Waals surface area contributed by atoms with E-state index in [4.69, 9.17) is 5.73 Å². The van der Waals surface area contributed by atoms with Crippen LogP contribution < -0.4 is 11.1 Å². The summed E-state index contributed by atoms with van der Waals surface area (Å²) in [5, 5.41) is 20.8. The molecule has 87 valence electrons. The van der Waals surface area contributed by atoms with Crippen molar-refractivity contribution in [3.8, 4) is 6.07 Å². The molecular formula is C11H12N5Se. The molecule has 2 aliphatic heterocycles. The maximum absolute atomic E-state index is 9.31. The van der Waals surface area contributed by atoms with Crippen LogP contribution in [0.5, 0.6) is 0 Å². The first kappa shape index (κ1) is 12.1. The fourth-order valence-corrected chi connectivity index (χ4v) is 3.29. The fraction of sp³-hybridized carbons (Fsp3) is 0.455. The third kappa shape index (κ3) is 1.74. The molecule has 0 aromatic heterocycles. The average Bonchev–Trinajstić information content (AvgIpc) is 2.30. The zero-order chi connectivity index (χ0) is 12.5. The molecule has 5 nitrogen and oxygen atoms in total. The van der Waals surface area contributed by atoms with Crippen molar-refractivity contribution in [3.63, 3.8) is 0 Å². The Labute approximate surface area is 108 Å². The van der Waals surface area contributed by atoms with E-state index >= 15 is 0 Å². The number of nitrogens with zero attached hydrogens (tertiary/aromatic N) is 3. The molecule has 0 aromatic carbocycles. The van der Waals surface area contributed by atoms with Crippen molar-refractivity contribution < 1.29 is 5.32 Å². The Hall–Kier alpha value is -1.37. The quantitative estimate of drug-likeness (QED) is 0.431. The summed E-state index contributed by atoms with van der Waals surface area (Å²) in [6.45, 7) is 1.80. The second-order valence-corrected chi connectivity index (χ2v) is 5.04. The molecule has 0 unspecified atom stereocenters. The maximum atomic E-state index is 9.31. The Balaban J connectivity index is 2.64. The van der Waals surface area contributed by atoms with Gasteiger partial charge >= 0.3 is 108 Å². The third-order valence-electron chi connectivity index (χ3n) is 3.42. The molecule has 4 N–H and O–H groups in total. The molecule has 2 rings (SSSR count). The van der Waals surface area contributed by atoms with E-state index in [0.29, 0.717) is 15.7 Å². The van der Waals surface area contributed by atoms with E-state index in [0.717, 1.165) is 25.9 Å². The molecule has 2 heterocycles. The first-order valence-electron chi connectivity index (χ1n) is 5.41. The Morgan fingerprint density at radius 2 is 2.12 bits per heavy atom. The second-order valence-electron chi connectivity index (χ2n) is 4.22. The van der Waals surface area contributed by atoms with Crippen LogP contribution in [0, 0.1) is 16.7 Å². The van der Waals surface area contributed by atoms with Gasteiger partial charge in [0.2, 0.25) is 0 Å². The predicted octanol–water partition coefficient (Wildman–Crippen LogP) is -1.23. The van der Waals surface area contributed by atoms with Crippen molar-refractivity contribution in [1.29, 1.82) is 5.26 Å². The minimum atomic E-state index is -0.509. The molecular weight excluding hydrogens is 281 g/mol. The number of amidine groups is 1. The summed E-state index contributed by atoms with van der Waals surface area (Å²) in [5.41, 5.74) is 6.34. The SMILES string of the molecule is N#CC1=C([Se])N=C(N)C(=C=[N-])C12CC[NH2+]CC2. The molecule has 6 heteroatoms. The number of allylic oxidation sites excluding steroid dienone is 1. The predicted molar refractivity (Wildman–Crippen MR) is 65.2 cm³/mol. The minimum absolute atomic E-state index is 0.252. The summed E-state index contributed by atoms with van der Waals surface area (Å²) in [5.74, 6) is 2.40. The molecule has 0 amide bonds. The van der Waals surface area contributed by atoms with Gasteiger partial charge < -0.3 is 0 Å². The van der Waals surface area contributed by atoms with Crippen molar-refractivity contribution in [1.82, 2.24) is 0 Å². The fourth-order valence-electron chi connectivity index (χ4n) is 2.58. The van der Waals surface area contributed by atoms with E-state index in [1.165, 1.54) is 0 Å². The van der Waals surface area contributed by atoms with Crippen LogP contribution in [0.3, 0.4) is 0 Å². The number of quaternary nitrogens is 1. The summed E-state index contributed by atoms with van der Waals surface area (Å²) < 4.78 is 0.533. The van der Waals surface area contributed by atoms with Crippen LogP contribution >= 0.6 is 0 Å². The Bertz CT molecular complexity index is 498. The Kier molecular flexibility index (Phi) is 3.19. The van der Waals surface area contributed by atoms with E-state index < -0.39 is 5.41 Å². The van der Waals surface area contributed by atoms with Gasteiger partial charge in [0.25, 0.3) is 0 Å². The van der Waals surface area contributed by atoms with Gasteiger partial charge in [-0.1, -0.05) is 0 Å². The Morgan fingerprint density at radius 1 is 1.47 bits per heavy atom. The van der Waals surface area contributed by atoms with Crippen LogP contribution in [0.25, 0.3) is 5.41 Å². The standard InChI is InChI=1S/C11H11N5Se/c12-5-7-9(14)16-10(17)8(6-13)11(7)1-3-15-4-2-11/h15H,1-4H2,(H2,14,16)/q-1/p+1. The van der Waals surface area contributed by atoms with E-state index in [2.05, 4.69) is 38.3 Å². The monoisotopic (exact) mass is 294 g/mol. The molecule has 2 aliphatic rings. The van der Waals surface area contributed by atoms with Gasteiger partial charge in [-0.15, -0.1) is 0 Å². The van der Waals surface area contributed by atoms with Gasteiger partial charge in [-0.3, -0.25) is 0 Å². The second kappa shape index (κ2) is 4.48. The average molecular weight is 293 g/mol. The number of hydrogen-bond acceptors (Lipinski definition) is 3. The van der Waals surface area contributed by atoms with Gasteiger partial charge in [0.05, 0.1) is 0 Å². The van der Waals surface area contributed by atoms with Gasteiger partial charge in [0.15, 0.2) is 0 Å². The molecule has 0 atom stereocenters. The van der Waals surface area contributed by atoms with Crippen LogP contribution in [0.15, 0.2) is 20.7 Å². The van der Waals surface area contributed by atoms with E-state index in [1.807, 2.05) is 0 Å². The molecule has 0 saturated carbocycles. The number of piperidine rings is 1. The topological polar surface area (TPSA) is 101 Å². The number of nitrogens with two attached hydrogens (primary N) is 2. The van der Waals surface area contributed by atoms with Crippen molar-refractivity contribution in [3.05, 3.63) is 21.2 Å². The van der Waals surface area contributed by atoms with Crippen molar-refractivity contribution in [2.24, 2.45) is 16.1 Å². The van der Waals surface area contributed by atoms with Crippen molar-refractivity contribution >= 4 is 27.7 Å².